The average molecular weight is 377 g/mol. The lowest BCUT2D eigenvalue weighted by Crippen LogP contribution is -2.48. The topological polar surface area (TPSA) is 83.7 Å². The standard InChI is InChI=1S/C18H23N3O4S/c1-13-18(15(3)25-19-13)12-20-8-10-21(11-9-20)26(23,24)17-6-4-16(5-7-17)14(2)22/h4-7H,8-12H2,1-3H3. The van der Waals surface area contributed by atoms with Gasteiger partial charge in [-0.2, -0.15) is 4.31 Å². The Labute approximate surface area is 153 Å². The fraction of sp³-hybridized carbons (Fsp3) is 0.444. The highest BCUT2D eigenvalue weighted by Gasteiger charge is 2.29. The number of ketones is 1. The smallest absolute Gasteiger partial charge is 0.243 e. The van der Waals surface area contributed by atoms with Crippen molar-refractivity contribution in [1.29, 1.82) is 0 Å². The maximum Gasteiger partial charge on any atom is 0.243 e. The Kier molecular flexibility index (Phi) is 5.27. The third kappa shape index (κ3) is 3.72. The fourth-order valence-corrected chi connectivity index (χ4v) is 4.51. The summed E-state index contributed by atoms with van der Waals surface area (Å²) in [6.07, 6.45) is 0. The van der Waals surface area contributed by atoms with Crippen LogP contribution in [0.1, 0.15) is 34.3 Å². The lowest BCUT2D eigenvalue weighted by Gasteiger charge is -2.33. The largest absolute Gasteiger partial charge is 0.361 e. The Morgan fingerprint density at radius 2 is 1.73 bits per heavy atom. The molecule has 8 heteroatoms. The maximum absolute atomic E-state index is 12.8. The number of aryl methyl sites for hydroxylation is 2. The first-order valence-corrected chi connectivity index (χ1v) is 9.98. The Morgan fingerprint density at radius 1 is 1.12 bits per heavy atom. The van der Waals surface area contributed by atoms with E-state index >= 15 is 0 Å². The lowest BCUT2D eigenvalue weighted by molar-refractivity contribution is 0.101. The van der Waals surface area contributed by atoms with E-state index in [4.69, 9.17) is 4.52 Å². The first-order valence-electron chi connectivity index (χ1n) is 8.54. The van der Waals surface area contributed by atoms with Crippen LogP contribution < -0.4 is 0 Å². The molecule has 0 bridgehead atoms. The summed E-state index contributed by atoms with van der Waals surface area (Å²) < 4.78 is 32.3. The second kappa shape index (κ2) is 7.30. The molecule has 0 unspecified atom stereocenters. The molecule has 0 spiro atoms. The molecule has 7 nitrogen and oxygen atoms in total. The van der Waals surface area contributed by atoms with Gasteiger partial charge in [-0.1, -0.05) is 17.3 Å². The summed E-state index contributed by atoms with van der Waals surface area (Å²) in [5.41, 5.74) is 2.46. The van der Waals surface area contributed by atoms with Gasteiger partial charge >= 0.3 is 0 Å². The number of sulfonamides is 1. The molecule has 3 rings (SSSR count). The van der Waals surface area contributed by atoms with Crippen LogP contribution in [0.3, 0.4) is 0 Å². The number of carbonyl (C=O) groups excluding carboxylic acids is 1. The Morgan fingerprint density at radius 3 is 2.23 bits per heavy atom. The predicted octanol–water partition coefficient (Wildman–Crippen LogP) is 2.00. The zero-order chi connectivity index (χ0) is 18.9. The summed E-state index contributed by atoms with van der Waals surface area (Å²) in [5.74, 6) is 0.727. The molecular weight excluding hydrogens is 354 g/mol. The molecule has 2 heterocycles. The first-order chi connectivity index (χ1) is 12.3. The van der Waals surface area contributed by atoms with E-state index in [0.29, 0.717) is 38.3 Å². The highest BCUT2D eigenvalue weighted by Crippen LogP contribution is 2.21. The van der Waals surface area contributed by atoms with Crippen molar-refractivity contribution >= 4 is 15.8 Å². The number of nitrogens with zero attached hydrogens (tertiary/aromatic N) is 3. The average Bonchev–Trinajstić information content (AvgIpc) is 2.94. The van der Waals surface area contributed by atoms with Gasteiger partial charge in [-0.15, -0.1) is 0 Å². The van der Waals surface area contributed by atoms with Crippen LogP contribution in [0.15, 0.2) is 33.7 Å². The van der Waals surface area contributed by atoms with Crippen LogP contribution in [0, 0.1) is 13.8 Å². The van der Waals surface area contributed by atoms with Crippen LogP contribution >= 0.6 is 0 Å². The van der Waals surface area contributed by atoms with E-state index in [2.05, 4.69) is 10.1 Å². The molecule has 1 aromatic heterocycles. The zero-order valence-corrected chi connectivity index (χ0v) is 16.0. The summed E-state index contributed by atoms with van der Waals surface area (Å²) in [7, 11) is -3.54. The summed E-state index contributed by atoms with van der Waals surface area (Å²) in [6, 6.07) is 6.12. The molecule has 0 aliphatic carbocycles. The summed E-state index contributed by atoms with van der Waals surface area (Å²) in [6.45, 7) is 8.13. The van der Waals surface area contributed by atoms with Crippen molar-refractivity contribution in [2.75, 3.05) is 26.2 Å². The minimum atomic E-state index is -3.54. The highest BCUT2D eigenvalue weighted by molar-refractivity contribution is 7.89. The molecule has 1 fully saturated rings. The van der Waals surface area contributed by atoms with Crippen LogP contribution in [-0.2, 0) is 16.6 Å². The van der Waals surface area contributed by atoms with Gasteiger partial charge in [0.2, 0.25) is 10.0 Å². The van der Waals surface area contributed by atoms with Crippen LogP contribution in [0.4, 0.5) is 0 Å². The minimum absolute atomic E-state index is 0.0816. The van der Waals surface area contributed by atoms with Crippen molar-refractivity contribution in [3.8, 4) is 0 Å². The Bertz CT molecular complexity index is 876. The first kappa shape index (κ1) is 18.8. The molecule has 0 amide bonds. The van der Waals surface area contributed by atoms with E-state index in [1.807, 2.05) is 13.8 Å². The number of rotatable bonds is 5. The Balaban J connectivity index is 1.66. The van der Waals surface area contributed by atoms with Gasteiger partial charge in [-0.3, -0.25) is 9.69 Å². The number of Topliss-reactive ketones (excluding diaryl/α,β-unsaturated/α-hetero) is 1. The van der Waals surface area contributed by atoms with E-state index in [-0.39, 0.29) is 10.7 Å². The van der Waals surface area contributed by atoms with Gasteiger partial charge in [0.1, 0.15) is 5.76 Å². The van der Waals surface area contributed by atoms with Gasteiger partial charge in [-0.25, -0.2) is 8.42 Å². The molecule has 1 aliphatic rings. The number of hydrogen-bond donors (Lipinski definition) is 0. The van der Waals surface area contributed by atoms with E-state index < -0.39 is 10.0 Å². The van der Waals surface area contributed by atoms with Crippen molar-refractivity contribution in [3.63, 3.8) is 0 Å². The molecule has 0 radical (unpaired) electrons. The molecule has 2 aromatic rings. The molecule has 1 aliphatic heterocycles. The van der Waals surface area contributed by atoms with E-state index in [0.717, 1.165) is 17.0 Å². The monoisotopic (exact) mass is 377 g/mol. The number of hydrogen-bond acceptors (Lipinski definition) is 6. The van der Waals surface area contributed by atoms with Crippen LogP contribution in [0.5, 0.6) is 0 Å². The Hall–Kier alpha value is -2.03. The zero-order valence-electron chi connectivity index (χ0n) is 15.2. The molecule has 0 atom stereocenters. The predicted molar refractivity (Wildman–Crippen MR) is 96.5 cm³/mol. The second-order valence-corrected chi connectivity index (χ2v) is 8.50. The molecule has 0 N–H and O–H groups in total. The normalized spacial score (nSPS) is 16.7. The minimum Gasteiger partial charge on any atom is -0.361 e. The summed E-state index contributed by atoms with van der Waals surface area (Å²) in [5, 5.41) is 3.96. The highest BCUT2D eigenvalue weighted by atomic mass is 32.2. The van der Waals surface area contributed by atoms with E-state index in [1.54, 1.807) is 12.1 Å². The fourth-order valence-electron chi connectivity index (χ4n) is 3.09. The lowest BCUT2D eigenvalue weighted by atomic mass is 10.2. The molecular formula is C18H23N3O4S. The van der Waals surface area contributed by atoms with E-state index in [1.165, 1.54) is 23.4 Å². The SMILES string of the molecule is CC(=O)c1ccc(S(=O)(=O)N2CCN(Cc3c(C)noc3C)CC2)cc1. The van der Waals surface area contributed by atoms with Gasteiger partial charge in [0.25, 0.3) is 0 Å². The quantitative estimate of drug-likeness (QED) is 0.741. The summed E-state index contributed by atoms with van der Waals surface area (Å²) >= 11 is 0. The number of carbonyl (C=O) groups is 1. The van der Waals surface area contributed by atoms with Crippen molar-refractivity contribution < 1.29 is 17.7 Å². The van der Waals surface area contributed by atoms with Gasteiger partial charge in [-0.05, 0) is 32.9 Å². The van der Waals surface area contributed by atoms with Crippen molar-refractivity contribution in [3.05, 3.63) is 46.8 Å². The second-order valence-electron chi connectivity index (χ2n) is 6.56. The van der Waals surface area contributed by atoms with Crippen molar-refractivity contribution in [2.45, 2.75) is 32.2 Å². The number of aromatic nitrogens is 1. The molecule has 1 aromatic carbocycles. The maximum atomic E-state index is 12.8. The van der Waals surface area contributed by atoms with Crippen LogP contribution in [0.2, 0.25) is 0 Å². The van der Waals surface area contributed by atoms with E-state index in [9.17, 15) is 13.2 Å². The van der Waals surface area contributed by atoms with Gasteiger partial charge in [0.15, 0.2) is 5.78 Å². The molecule has 140 valence electrons. The van der Waals surface area contributed by atoms with Crippen LogP contribution in [0.25, 0.3) is 0 Å². The molecule has 26 heavy (non-hydrogen) atoms. The third-order valence-corrected chi connectivity index (χ3v) is 6.71. The van der Waals surface area contributed by atoms with Gasteiger partial charge < -0.3 is 4.52 Å². The van der Waals surface area contributed by atoms with Crippen molar-refractivity contribution in [2.24, 2.45) is 0 Å². The number of piperazine rings is 1. The summed E-state index contributed by atoms with van der Waals surface area (Å²) in [4.78, 5) is 13.8. The van der Waals surface area contributed by atoms with Gasteiger partial charge in [0, 0.05) is 43.9 Å². The van der Waals surface area contributed by atoms with Gasteiger partial charge in [0.05, 0.1) is 10.6 Å². The molecule has 0 saturated carbocycles. The molecule has 1 saturated heterocycles. The van der Waals surface area contributed by atoms with Crippen LogP contribution in [-0.4, -0.2) is 54.7 Å². The van der Waals surface area contributed by atoms with Crippen molar-refractivity contribution in [1.82, 2.24) is 14.4 Å². The third-order valence-electron chi connectivity index (χ3n) is 4.79. The number of benzene rings is 1.